The number of benzene rings is 3. The van der Waals surface area contributed by atoms with Crippen molar-refractivity contribution in [1.82, 2.24) is 15.3 Å². The van der Waals surface area contributed by atoms with Gasteiger partial charge in [0.1, 0.15) is 11.6 Å². The number of rotatable bonds is 8. The molecule has 0 aliphatic carbocycles. The summed E-state index contributed by atoms with van der Waals surface area (Å²) in [7, 11) is 0. The van der Waals surface area contributed by atoms with Crippen LogP contribution in [0.25, 0.3) is 10.9 Å². The second-order valence-corrected chi connectivity index (χ2v) is 8.41. The van der Waals surface area contributed by atoms with Gasteiger partial charge in [-0.25, -0.2) is 14.2 Å². The molecule has 37 heavy (non-hydrogen) atoms. The predicted octanol–water partition coefficient (Wildman–Crippen LogP) is 3.57. The zero-order valence-electron chi connectivity index (χ0n) is 19.9. The number of terminal acetylenes is 1. The van der Waals surface area contributed by atoms with E-state index in [2.05, 4.69) is 21.2 Å². The van der Waals surface area contributed by atoms with E-state index in [0.29, 0.717) is 23.3 Å². The number of aromatic amines is 1. The number of aryl methyl sites for hydroxylation is 1. The second kappa shape index (κ2) is 10.7. The summed E-state index contributed by atoms with van der Waals surface area (Å²) in [6, 6.07) is 15.5. The van der Waals surface area contributed by atoms with Gasteiger partial charge in [0.05, 0.1) is 17.4 Å². The quantitative estimate of drug-likeness (QED) is 0.320. The molecule has 0 saturated carbocycles. The summed E-state index contributed by atoms with van der Waals surface area (Å²) >= 11 is 0. The number of fused-ring (bicyclic) bond motifs is 1. The van der Waals surface area contributed by atoms with Crippen LogP contribution >= 0.6 is 0 Å². The van der Waals surface area contributed by atoms with Gasteiger partial charge in [-0.15, -0.1) is 6.42 Å². The summed E-state index contributed by atoms with van der Waals surface area (Å²) in [5.74, 6) is 0.785. The third-order valence-corrected chi connectivity index (χ3v) is 5.76. The molecule has 0 fully saturated rings. The number of nitrogens with zero attached hydrogens (tertiary/aromatic N) is 2. The largest absolute Gasteiger partial charge is 0.479 e. The molecular formula is C28H23FN4O4. The highest BCUT2D eigenvalue weighted by atomic mass is 19.1. The molecule has 8 nitrogen and oxygen atoms in total. The van der Waals surface area contributed by atoms with Crippen molar-refractivity contribution in [3.8, 4) is 12.3 Å². The number of aromatic nitrogens is 2. The van der Waals surface area contributed by atoms with Gasteiger partial charge in [-0.05, 0) is 66.6 Å². The number of hydrogen-bond acceptors (Lipinski definition) is 5. The molecule has 0 bridgehead atoms. The number of nitrogens with one attached hydrogen (secondary N) is 2. The molecule has 186 valence electrons. The Labute approximate surface area is 211 Å². The zero-order chi connectivity index (χ0) is 26.5. The van der Waals surface area contributed by atoms with Crippen LogP contribution in [0.15, 0.2) is 71.5 Å². The van der Waals surface area contributed by atoms with E-state index in [9.17, 15) is 23.9 Å². The highest BCUT2D eigenvalue weighted by molar-refractivity contribution is 5.97. The highest BCUT2D eigenvalue weighted by Gasteiger charge is 2.23. The maximum Gasteiger partial charge on any atom is 0.330 e. The Hall–Kier alpha value is -4.97. The minimum atomic E-state index is -1.33. The Bertz CT molecular complexity index is 1560. The molecule has 4 rings (SSSR count). The SMILES string of the molecule is C#CCN(Cc1ccc2nc(C)[nH]c(=O)c2c1)c1ccc(C(=O)N[C@H](C(=O)O)c2ccc(F)cc2)cc1. The number of carboxylic acids is 1. The van der Waals surface area contributed by atoms with Crippen molar-refractivity contribution in [3.05, 3.63) is 105 Å². The normalized spacial score (nSPS) is 11.5. The topological polar surface area (TPSA) is 115 Å². The molecule has 0 unspecified atom stereocenters. The van der Waals surface area contributed by atoms with Gasteiger partial charge in [-0.1, -0.05) is 24.1 Å². The fourth-order valence-corrected chi connectivity index (χ4v) is 3.95. The molecule has 1 amide bonds. The van der Waals surface area contributed by atoms with E-state index in [1.807, 2.05) is 11.0 Å². The third-order valence-electron chi connectivity index (χ3n) is 5.76. The summed E-state index contributed by atoms with van der Waals surface area (Å²) in [6.45, 7) is 2.40. The highest BCUT2D eigenvalue weighted by Crippen LogP contribution is 2.21. The molecule has 1 atom stereocenters. The minimum absolute atomic E-state index is 0.219. The first-order chi connectivity index (χ1) is 17.7. The van der Waals surface area contributed by atoms with Crippen molar-refractivity contribution in [2.24, 2.45) is 0 Å². The van der Waals surface area contributed by atoms with Crippen LogP contribution in [-0.4, -0.2) is 33.5 Å². The Morgan fingerprint density at radius 1 is 1.14 bits per heavy atom. The number of H-pyrrole nitrogens is 1. The maximum atomic E-state index is 13.2. The summed E-state index contributed by atoms with van der Waals surface area (Å²) in [5, 5.41) is 12.5. The monoisotopic (exact) mass is 498 g/mol. The number of hydrogen-bond donors (Lipinski definition) is 3. The van der Waals surface area contributed by atoms with E-state index in [0.717, 1.165) is 23.4 Å². The summed E-state index contributed by atoms with van der Waals surface area (Å²) < 4.78 is 13.2. The van der Waals surface area contributed by atoms with Gasteiger partial charge in [-0.3, -0.25) is 9.59 Å². The smallest absolute Gasteiger partial charge is 0.330 e. The van der Waals surface area contributed by atoms with Gasteiger partial charge in [0.2, 0.25) is 0 Å². The predicted molar refractivity (Wildman–Crippen MR) is 138 cm³/mol. The van der Waals surface area contributed by atoms with Crippen LogP contribution in [0.1, 0.15) is 33.4 Å². The van der Waals surface area contributed by atoms with Crippen molar-refractivity contribution < 1.29 is 19.1 Å². The maximum absolute atomic E-state index is 13.2. The van der Waals surface area contributed by atoms with Gasteiger partial charge in [0.15, 0.2) is 6.04 Å². The van der Waals surface area contributed by atoms with Crippen LogP contribution in [0.4, 0.5) is 10.1 Å². The fraction of sp³-hybridized carbons (Fsp3) is 0.143. The molecule has 1 aromatic heterocycles. The first-order valence-corrected chi connectivity index (χ1v) is 11.3. The minimum Gasteiger partial charge on any atom is -0.479 e. The van der Waals surface area contributed by atoms with Crippen molar-refractivity contribution >= 4 is 28.5 Å². The molecule has 9 heteroatoms. The molecule has 0 aliphatic rings. The van der Waals surface area contributed by atoms with Crippen molar-refractivity contribution in [1.29, 1.82) is 0 Å². The molecule has 0 radical (unpaired) electrons. The standard InChI is InChI=1S/C28H23FN4O4/c1-3-14-33(16-18-4-13-24-23(15-18)27(35)31-17(2)30-24)22-11-7-20(8-12-22)26(34)32-25(28(36)37)19-5-9-21(29)10-6-19/h1,4-13,15,25H,14,16H2,2H3,(H,32,34)(H,36,37)(H,30,31,35)/t25-/m0/s1. The van der Waals surface area contributed by atoms with Crippen LogP contribution in [0.2, 0.25) is 0 Å². The van der Waals surface area contributed by atoms with Gasteiger partial charge >= 0.3 is 5.97 Å². The van der Waals surface area contributed by atoms with E-state index in [4.69, 9.17) is 6.42 Å². The van der Waals surface area contributed by atoms with Crippen molar-refractivity contribution in [2.75, 3.05) is 11.4 Å². The van der Waals surface area contributed by atoms with Crippen LogP contribution in [-0.2, 0) is 11.3 Å². The van der Waals surface area contributed by atoms with Gasteiger partial charge in [-0.2, -0.15) is 0 Å². The van der Waals surface area contributed by atoms with Gasteiger partial charge < -0.3 is 20.3 Å². The Morgan fingerprint density at radius 2 is 1.84 bits per heavy atom. The van der Waals surface area contributed by atoms with Crippen molar-refractivity contribution in [3.63, 3.8) is 0 Å². The lowest BCUT2D eigenvalue weighted by Crippen LogP contribution is -2.33. The van der Waals surface area contributed by atoms with Gasteiger partial charge in [0.25, 0.3) is 11.5 Å². The summed E-state index contributed by atoms with van der Waals surface area (Å²) in [4.78, 5) is 45.7. The molecular weight excluding hydrogens is 475 g/mol. The average Bonchev–Trinajstić information content (AvgIpc) is 2.88. The van der Waals surface area contributed by atoms with Crippen LogP contribution in [0.5, 0.6) is 0 Å². The molecule has 1 heterocycles. The Balaban J connectivity index is 1.52. The molecule has 3 aromatic carbocycles. The lowest BCUT2D eigenvalue weighted by molar-refractivity contribution is -0.139. The number of anilines is 1. The lowest BCUT2D eigenvalue weighted by atomic mass is 10.1. The number of carbonyl (C=O) groups excluding carboxylic acids is 1. The average molecular weight is 499 g/mol. The van der Waals surface area contributed by atoms with E-state index in [-0.39, 0.29) is 23.2 Å². The number of carbonyl (C=O) groups is 2. The van der Waals surface area contributed by atoms with Crippen LogP contribution < -0.4 is 15.8 Å². The Morgan fingerprint density at radius 3 is 2.49 bits per heavy atom. The van der Waals surface area contributed by atoms with Crippen LogP contribution in [0.3, 0.4) is 0 Å². The fourth-order valence-electron chi connectivity index (χ4n) is 3.95. The first-order valence-electron chi connectivity index (χ1n) is 11.3. The molecule has 0 spiro atoms. The van der Waals surface area contributed by atoms with Crippen molar-refractivity contribution in [2.45, 2.75) is 19.5 Å². The number of halogens is 1. The number of carboxylic acid groups (broad SMARTS) is 1. The number of aliphatic carboxylic acids is 1. The number of amides is 1. The summed E-state index contributed by atoms with van der Waals surface area (Å²) in [6.07, 6.45) is 5.58. The molecule has 0 aliphatic heterocycles. The lowest BCUT2D eigenvalue weighted by Gasteiger charge is -2.23. The first kappa shape index (κ1) is 25.1. The molecule has 3 N–H and O–H groups in total. The van der Waals surface area contributed by atoms with E-state index in [1.165, 1.54) is 12.1 Å². The van der Waals surface area contributed by atoms with Crippen LogP contribution in [0, 0.1) is 25.1 Å². The molecule has 4 aromatic rings. The molecule has 0 saturated heterocycles. The second-order valence-electron chi connectivity index (χ2n) is 8.41. The van der Waals surface area contributed by atoms with E-state index in [1.54, 1.807) is 43.3 Å². The summed E-state index contributed by atoms with van der Waals surface area (Å²) in [5.41, 5.74) is 2.46. The zero-order valence-corrected chi connectivity index (χ0v) is 19.9. The van der Waals surface area contributed by atoms with E-state index < -0.39 is 23.7 Å². The third kappa shape index (κ3) is 5.82. The van der Waals surface area contributed by atoms with E-state index >= 15 is 0 Å². The van der Waals surface area contributed by atoms with Gasteiger partial charge in [0, 0.05) is 17.8 Å². The Kier molecular flexibility index (Phi) is 7.30.